The number of furan rings is 1. The molecule has 1 saturated heterocycles. The number of anilines is 1. The summed E-state index contributed by atoms with van der Waals surface area (Å²) in [6.45, 7) is 2.01. The first kappa shape index (κ1) is 18.2. The molecule has 1 aliphatic heterocycles. The number of carbonyl (C=O) groups excluding carboxylic acids is 1. The molecule has 2 aromatic rings. The zero-order valence-electron chi connectivity index (χ0n) is 14.0. The Morgan fingerprint density at radius 1 is 1.23 bits per heavy atom. The number of benzene rings is 1. The molecule has 0 bridgehead atoms. The maximum atomic E-state index is 12.8. The molecule has 2 N–H and O–H groups in total. The lowest BCUT2D eigenvalue weighted by molar-refractivity contribution is -0.119. The second-order valence-electron chi connectivity index (χ2n) is 6.00. The number of carbonyl (C=O) groups is 2. The Labute approximate surface area is 150 Å². The average Bonchev–Trinajstić information content (AvgIpc) is 3.27. The zero-order chi connectivity index (χ0) is 18.9. The van der Waals surface area contributed by atoms with Crippen molar-refractivity contribution in [3.8, 4) is 0 Å². The minimum Gasteiger partial charge on any atom is -0.475 e. The van der Waals surface area contributed by atoms with Gasteiger partial charge in [0, 0.05) is 12.2 Å². The molecule has 3 rings (SSSR count). The quantitative estimate of drug-likeness (QED) is 0.823. The molecule has 26 heavy (non-hydrogen) atoms. The fraction of sp³-hybridized carbons (Fsp3) is 0.294. The summed E-state index contributed by atoms with van der Waals surface area (Å²) < 4.78 is 31.5. The number of carboxylic acids is 1. The second kappa shape index (κ2) is 6.93. The van der Waals surface area contributed by atoms with E-state index in [-0.39, 0.29) is 6.54 Å². The van der Waals surface area contributed by atoms with E-state index in [4.69, 9.17) is 9.52 Å². The fourth-order valence-electron chi connectivity index (χ4n) is 2.91. The maximum absolute atomic E-state index is 12.8. The van der Waals surface area contributed by atoms with Crippen LogP contribution in [0.5, 0.6) is 0 Å². The van der Waals surface area contributed by atoms with E-state index in [9.17, 15) is 18.0 Å². The predicted molar refractivity (Wildman–Crippen MR) is 92.4 cm³/mol. The Morgan fingerprint density at radius 2 is 1.96 bits per heavy atom. The molecule has 1 aromatic heterocycles. The first-order chi connectivity index (χ1) is 12.3. The van der Waals surface area contributed by atoms with Gasteiger partial charge in [-0.15, -0.1) is 0 Å². The van der Waals surface area contributed by atoms with E-state index in [0.29, 0.717) is 18.5 Å². The van der Waals surface area contributed by atoms with Crippen LogP contribution in [0.2, 0.25) is 0 Å². The lowest BCUT2D eigenvalue weighted by atomic mass is 10.1. The Morgan fingerprint density at radius 3 is 2.62 bits per heavy atom. The number of amides is 1. The van der Waals surface area contributed by atoms with E-state index in [2.05, 4.69) is 5.32 Å². The topological polar surface area (TPSA) is 117 Å². The van der Waals surface area contributed by atoms with E-state index < -0.39 is 38.8 Å². The van der Waals surface area contributed by atoms with Gasteiger partial charge in [0.15, 0.2) is 0 Å². The van der Waals surface area contributed by atoms with E-state index in [1.165, 1.54) is 0 Å². The molecule has 0 aliphatic carbocycles. The summed E-state index contributed by atoms with van der Waals surface area (Å²) in [5.74, 6) is -2.25. The van der Waals surface area contributed by atoms with Gasteiger partial charge in [0.2, 0.25) is 16.8 Å². The molecule has 1 amide bonds. The summed E-state index contributed by atoms with van der Waals surface area (Å²) >= 11 is 0. The SMILES string of the molecule is Cc1ccccc1NC(=O)C1CCCN1S(=O)(=O)c1ccc(C(=O)O)o1. The first-order valence-corrected chi connectivity index (χ1v) is 9.46. The van der Waals surface area contributed by atoms with Gasteiger partial charge in [-0.1, -0.05) is 18.2 Å². The van der Waals surface area contributed by atoms with Gasteiger partial charge in [-0.25, -0.2) is 13.2 Å². The fourth-order valence-corrected chi connectivity index (χ4v) is 4.48. The summed E-state index contributed by atoms with van der Waals surface area (Å²) in [4.78, 5) is 23.5. The molecular weight excluding hydrogens is 360 g/mol. The van der Waals surface area contributed by atoms with E-state index in [0.717, 1.165) is 22.0 Å². The average molecular weight is 378 g/mol. The highest BCUT2D eigenvalue weighted by molar-refractivity contribution is 7.89. The van der Waals surface area contributed by atoms with Crippen LogP contribution >= 0.6 is 0 Å². The van der Waals surface area contributed by atoms with Gasteiger partial charge in [0.05, 0.1) is 0 Å². The lowest BCUT2D eigenvalue weighted by Gasteiger charge is -2.22. The number of sulfonamides is 1. The van der Waals surface area contributed by atoms with Gasteiger partial charge in [-0.3, -0.25) is 4.79 Å². The van der Waals surface area contributed by atoms with Crippen molar-refractivity contribution in [2.45, 2.75) is 30.9 Å². The molecule has 0 spiro atoms. The van der Waals surface area contributed by atoms with E-state index in [1.807, 2.05) is 19.1 Å². The number of nitrogens with one attached hydrogen (secondary N) is 1. The van der Waals surface area contributed by atoms with Crippen molar-refractivity contribution in [3.05, 3.63) is 47.7 Å². The van der Waals surface area contributed by atoms with Crippen molar-refractivity contribution in [1.82, 2.24) is 4.31 Å². The van der Waals surface area contributed by atoms with Crippen molar-refractivity contribution >= 4 is 27.6 Å². The van der Waals surface area contributed by atoms with Crippen molar-refractivity contribution < 1.29 is 27.5 Å². The van der Waals surface area contributed by atoms with E-state index in [1.54, 1.807) is 12.1 Å². The standard InChI is InChI=1S/C17H18N2O6S/c1-11-5-2-3-6-12(11)18-16(20)13-7-4-10-19(13)26(23,24)15-9-8-14(25-15)17(21)22/h2-3,5-6,8-9,13H,4,7,10H2,1H3,(H,18,20)(H,21,22). The van der Waals surface area contributed by atoms with Crippen LogP contribution in [0.1, 0.15) is 29.0 Å². The minimum atomic E-state index is -4.11. The van der Waals surface area contributed by atoms with Crippen LogP contribution < -0.4 is 5.32 Å². The molecular formula is C17H18N2O6S. The van der Waals surface area contributed by atoms with Gasteiger partial charge in [0.25, 0.3) is 10.0 Å². The third-order valence-electron chi connectivity index (χ3n) is 4.26. The van der Waals surface area contributed by atoms with Crippen molar-refractivity contribution in [3.63, 3.8) is 0 Å². The van der Waals surface area contributed by atoms with Crippen LogP contribution in [0.3, 0.4) is 0 Å². The largest absolute Gasteiger partial charge is 0.475 e. The number of para-hydroxylation sites is 1. The normalized spacial score (nSPS) is 18.0. The van der Waals surface area contributed by atoms with Crippen molar-refractivity contribution in [2.24, 2.45) is 0 Å². The Balaban J connectivity index is 1.83. The molecule has 138 valence electrons. The highest BCUT2D eigenvalue weighted by Crippen LogP contribution is 2.28. The molecule has 1 aromatic carbocycles. The summed E-state index contributed by atoms with van der Waals surface area (Å²) in [6.07, 6.45) is 0.904. The van der Waals surface area contributed by atoms with Crippen LogP contribution in [0.15, 0.2) is 45.9 Å². The Bertz CT molecular complexity index is 950. The number of hydrogen-bond donors (Lipinski definition) is 2. The predicted octanol–water partition coefficient (Wildman–Crippen LogP) is 2.08. The van der Waals surface area contributed by atoms with E-state index >= 15 is 0 Å². The van der Waals surface area contributed by atoms with Crippen molar-refractivity contribution in [2.75, 3.05) is 11.9 Å². The first-order valence-electron chi connectivity index (χ1n) is 8.02. The van der Waals surface area contributed by atoms with Crippen molar-refractivity contribution in [1.29, 1.82) is 0 Å². The van der Waals surface area contributed by atoms with Crippen LogP contribution in [0.25, 0.3) is 0 Å². The number of aromatic carboxylic acids is 1. The second-order valence-corrected chi connectivity index (χ2v) is 7.82. The zero-order valence-corrected chi connectivity index (χ0v) is 14.8. The Hall–Kier alpha value is -2.65. The number of rotatable bonds is 5. The van der Waals surface area contributed by atoms with Gasteiger partial charge >= 0.3 is 5.97 Å². The van der Waals surface area contributed by atoms with Gasteiger partial charge < -0.3 is 14.8 Å². The van der Waals surface area contributed by atoms with Gasteiger partial charge in [-0.2, -0.15) is 4.31 Å². The molecule has 1 atom stereocenters. The monoisotopic (exact) mass is 378 g/mol. The maximum Gasteiger partial charge on any atom is 0.371 e. The highest BCUT2D eigenvalue weighted by Gasteiger charge is 2.41. The third kappa shape index (κ3) is 3.35. The lowest BCUT2D eigenvalue weighted by Crippen LogP contribution is -2.43. The molecule has 0 radical (unpaired) electrons. The van der Waals surface area contributed by atoms with Crippen LogP contribution in [0.4, 0.5) is 5.69 Å². The van der Waals surface area contributed by atoms with Crippen LogP contribution in [-0.2, 0) is 14.8 Å². The number of hydrogen-bond acceptors (Lipinski definition) is 5. The smallest absolute Gasteiger partial charge is 0.371 e. The summed E-state index contributed by atoms with van der Waals surface area (Å²) in [7, 11) is -4.11. The summed E-state index contributed by atoms with van der Waals surface area (Å²) in [5, 5.41) is 11.2. The third-order valence-corrected chi connectivity index (χ3v) is 6.05. The number of aryl methyl sites for hydroxylation is 1. The van der Waals surface area contributed by atoms with Gasteiger partial charge in [0.1, 0.15) is 6.04 Å². The number of nitrogens with zero attached hydrogens (tertiary/aromatic N) is 1. The minimum absolute atomic E-state index is 0.164. The molecule has 2 heterocycles. The number of carboxylic acid groups (broad SMARTS) is 1. The highest BCUT2D eigenvalue weighted by atomic mass is 32.2. The summed E-state index contributed by atoms with van der Waals surface area (Å²) in [6, 6.07) is 8.50. The molecule has 0 saturated carbocycles. The Kier molecular flexibility index (Phi) is 4.84. The van der Waals surface area contributed by atoms with Gasteiger partial charge in [-0.05, 0) is 43.5 Å². The molecule has 1 aliphatic rings. The summed E-state index contributed by atoms with van der Waals surface area (Å²) in [5.41, 5.74) is 1.48. The molecule has 1 unspecified atom stereocenters. The molecule has 8 nitrogen and oxygen atoms in total. The molecule has 9 heteroatoms. The van der Waals surface area contributed by atoms with Crippen LogP contribution in [-0.4, -0.2) is 42.3 Å². The van der Waals surface area contributed by atoms with Crippen LogP contribution in [0, 0.1) is 6.92 Å². The molecule has 1 fully saturated rings.